The molecule has 1 aromatic carbocycles. The van der Waals surface area contributed by atoms with Crippen LogP contribution < -0.4 is 5.32 Å². The van der Waals surface area contributed by atoms with E-state index in [4.69, 9.17) is 0 Å². The van der Waals surface area contributed by atoms with Gasteiger partial charge in [0.2, 0.25) is 5.91 Å². The van der Waals surface area contributed by atoms with E-state index in [2.05, 4.69) is 10.4 Å². The highest BCUT2D eigenvalue weighted by atomic mass is 19.1. The van der Waals surface area contributed by atoms with E-state index in [1.54, 1.807) is 16.6 Å². The quantitative estimate of drug-likeness (QED) is 0.882. The number of aryl methyl sites for hydroxylation is 2. The van der Waals surface area contributed by atoms with Gasteiger partial charge in [-0.1, -0.05) is 13.0 Å². The molecule has 0 unspecified atom stereocenters. The average molecular weight is 336 g/mol. The first-order chi connectivity index (χ1) is 11.3. The van der Waals surface area contributed by atoms with Gasteiger partial charge in [0.05, 0.1) is 23.6 Å². The van der Waals surface area contributed by atoms with Crippen LogP contribution in [0.25, 0.3) is 0 Å². The van der Waals surface area contributed by atoms with E-state index in [-0.39, 0.29) is 24.6 Å². The van der Waals surface area contributed by atoms with Crippen LogP contribution in [-0.4, -0.2) is 33.7 Å². The van der Waals surface area contributed by atoms with Crippen LogP contribution in [0.3, 0.4) is 0 Å². The highest BCUT2D eigenvalue weighted by molar-refractivity contribution is 5.93. The maximum Gasteiger partial charge on any atom is 0.238 e. The van der Waals surface area contributed by atoms with Crippen molar-refractivity contribution < 1.29 is 13.6 Å². The van der Waals surface area contributed by atoms with Gasteiger partial charge in [-0.15, -0.1) is 0 Å². The fourth-order valence-corrected chi connectivity index (χ4v) is 2.52. The van der Waals surface area contributed by atoms with Crippen LogP contribution in [0.4, 0.5) is 14.5 Å². The molecule has 0 spiro atoms. The summed E-state index contributed by atoms with van der Waals surface area (Å²) >= 11 is 0. The second kappa shape index (κ2) is 7.53. The van der Waals surface area contributed by atoms with E-state index in [1.807, 2.05) is 20.8 Å². The first kappa shape index (κ1) is 18.1. The minimum atomic E-state index is -0.604. The van der Waals surface area contributed by atoms with Gasteiger partial charge < -0.3 is 5.32 Å². The van der Waals surface area contributed by atoms with E-state index in [0.717, 1.165) is 11.4 Å². The normalized spacial score (nSPS) is 11.1. The van der Waals surface area contributed by atoms with Crippen molar-refractivity contribution in [3.8, 4) is 0 Å². The van der Waals surface area contributed by atoms with Crippen molar-refractivity contribution in [2.24, 2.45) is 7.05 Å². The Hall–Kier alpha value is -2.28. The second-order valence-corrected chi connectivity index (χ2v) is 5.72. The molecule has 24 heavy (non-hydrogen) atoms. The Bertz CT molecular complexity index is 722. The Kier molecular flexibility index (Phi) is 5.66. The summed E-state index contributed by atoms with van der Waals surface area (Å²) in [4.78, 5) is 14.0. The summed E-state index contributed by atoms with van der Waals surface area (Å²) in [7, 11) is 1.80. The molecule has 0 radical (unpaired) electrons. The van der Waals surface area contributed by atoms with Crippen molar-refractivity contribution in [1.82, 2.24) is 14.7 Å². The number of hydrogen-bond acceptors (Lipinski definition) is 3. The zero-order valence-corrected chi connectivity index (χ0v) is 14.4. The molecule has 0 atom stereocenters. The molecule has 2 aromatic rings. The predicted octanol–water partition coefficient (Wildman–Crippen LogP) is 2.78. The SMILES string of the molecule is CCN(CC(=O)Nc1c(C)nn(C)c1C)Cc1c(F)cccc1F. The monoisotopic (exact) mass is 336 g/mol. The molecule has 0 aliphatic heterocycles. The molecule has 0 fully saturated rings. The third kappa shape index (κ3) is 3.97. The molecular formula is C17H22F2N4O. The smallest absolute Gasteiger partial charge is 0.238 e. The molecule has 0 saturated carbocycles. The summed E-state index contributed by atoms with van der Waals surface area (Å²) < 4.78 is 29.2. The number of hydrogen-bond donors (Lipinski definition) is 1. The lowest BCUT2D eigenvalue weighted by Gasteiger charge is -2.20. The fourth-order valence-electron chi connectivity index (χ4n) is 2.52. The minimum Gasteiger partial charge on any atom is -0.322 e. The van der Waals surface area contributed by atoms with Crippen LogP contribution in [0.2, 0.25) is 0 Å². The number of halogens is 2. The number of rotatable bonds is 6. The molecule has 0 bridgehead atoms. The largest absolute Gasteiger partial charge is 0.322 e. The Morgan fingerprint density at radius 1 is 1.29 bits per heavy atom. The summed E-state index contributed by atoms with van der Waals surface area (Å²) in [6.45, 7) is 6.08. The van der Waals surface area contributed by atoms with Gasteiger partial charge in [0.25, 0.3) is 0 Å². The van der Waals surface area contributed by atoms with Gasteiger partial charge in [-0.05, 0) is 32.5 Å². The van der Waals surface area contributed by atoms with Gasteiger partial charge >= 0.3 is 0 Å². The molecule has 1 aromatic heterocycles. The van der Waals surface area contributed by atoms with E-state index in [9.17, 15) is 13.6 Å². The lowest BCUT2D eigenvalue weighted by atomic mass is 10.2. The Morgan fingerprint density at radius 3 is 2.42 bits per heavy atom. The van der Waals surface area contributed by atoms with Crippen LogP contribution in [0.1, 0.15) is 23.9 Å². The van der Waals surface area contributed by atoms with Gasteiger partial charge in [0.15, 0.2) is 0 Å². The number of carbonyl (C=O) groups is 1. The van der Waals surface area contributed by atoms with E-state index in [0.29, 0.717) is 12.2 Å². The van der Waals surface area contributed by atoms with Crippen molar-refractivity contribution in [2.45, 2.75) is 27.3 Å². The molecule has 1 N–H and O–H groups in total. The first-order valence-corrected chi connectivity index (χ1v) is 7.78. The molecule has 0 saturated heterocycles. The fraction of sp³-hybridized carbons (Fsp3) is 0.412. The molecule has 0 aliphatic rings. The Balaban J connectivity index is 2.06. The minimum absolute atomic E-state index is 0.0270. The zero-order valence-electron chi connectivity index (χ0n) is 14.4. The van der Waals surface area contributed by atoms with Crippen molar-refractivity contribution in [3.05, 3.63) is 46.8 Å². The number of aromatic nitrogens is 2. The lowest BCUT2D eigenvalue weighted by Crippen LogP contribution is -2.33. The molecule has 7 heteroatoms. The number of nitrogens with zero attached hydrogens (tertiary/aromatic N) is 3. The van der Waals surface area contributed by atoms with Crippen LogP contribution in [0.15, 0.2) is 18.2 Å². The van der Waals surface area contributed by atoms with Crippen molar-refractivity contribution >= 4 is 11.6 Å². The van der Waals surface area contributed by atoms with Gasteiger partial charge in [-0.3, -0.25) is 14.4 Å². The number of carbonyl (C=O) groups excluding carboxylic acids is 1. The maximum atomic E-state index is 13.8. The van der Waals surface area contributed by atoms with Crippen LogP contribution >= 0.6 is 0 Å². The molecule has 1 heterocycles. The Labute approximate surface area is 140 Å². The highest BCUT2D eigenvalue weighted by Gasteiger charge is 2.17. The standard InChI is InChI=1S/C17H22F2N4O/c1-5-23(9-13-14(18)7-6-8-15(13)19)10-16(24)20-17-11(2)21-22(4)12(17)3/h6-8H,5,9-10H2,1-4H3,(H,20,24). The van der Waals surface area contributed by atoms with Gasteiger partial charge in [0, 0.05) is 19.2 Å². The number of anilines is 1. The van der Waals surface area contributed by atoms with Gasteiger partial charge in [0.1, 0.15) is 11.6 Å². The topological polar surface area (TPSA) is 50.2 Å². The number of amides is 1. The van der Waals surface area contributed by atoms with Crippen molar-refractivity contribution in [3.63, 3.8) is 0 Å². The lowest BCUT2D eigenvalue weighted by molar-refractivity contribution is -0.117. The molecule has 130 valence electrons. The average Bonchev–Trinajstić information content (AvgIpc) is 2.76. The molecular weight excluding hydrogens is 314 g/mol. The van der Waals surface area contributed by atoms with Crippen LogP contribution in [-0.2, 0) is 18.4 Å². The summed E-state index contributed by atoms with van der Waals surface area (Å²) in [6.07, 6.45) is 0. The summed E-state index contributed by atoms with van der Waals surface area (Å²) in [5, 5.41) is 7.07. The summed E-state index contributed by atoms with van der Waals surface area (Å²) in [5.74, 6) is -1.45. The van der Waals surface area contributed by atoms with E-state index in [1.165, 1.54) is 18.2 Å². The number of nitrogens with one attached hydrogen (secondary N) is 1. The van der Waals surface area contributed by atoms with Crippen molar-refractivity contribution in [1.29, 1.82) is 0 Å². The predicted molar refractivity (Wildman–Crippen MR) is 88.6 cm³/mol. The van der Waals surface area contributed by atoms with E-state index >= 15 is 0 Å². The third-order valence-electron chi connectivity index (χ3n) is 4.03. The van der Waals surface area contributed by atoms with Crippen molar-refractivity contribution in [2.75, 3.05) is 18.4 Å². The van der Waals surface area contributed by atoms with Gasteiger partial charge in [-0.25, -0.2) is 8.78 Å². The summed E-state index contributed by atoms with van der Waals surface area (Å²) in [6, 6.07) is 3.76. The first-order valence-electron chi connectivity index (χ1n) is 7.78. The molecule has 5 nitrogen and oxygen atoms in total. The molecule has 1 amide bonds. The number of likely N-dealkylation sites (N-methyl/N-ethyl adjacent to an activating group) is 1. The van der Waals surface area contributed by atoms with Crippen LogP contribution in [0.5, 0.6) is 0 Å². The van der Waals surface area contributed by atoms with Crippen LogP contribution in [0, 0.1) is 25.5 Å². The van der Waals surface area contributed by atoms with Gasteiger partial charge in [-0.2, -0.15) is 5.10 Å². The maximum absolute atomic E-state index is 13.8. The summed E-state index contributed by atoms with van der Waals surface area (Å²) in [5.41, 5.74) is 2.23. The highest BCUT2D eigenvalue weighted by Crippen LogP contribution is 2.19. The number of benzene rings is 1. The molecule has 0 aliphatic carbocycles. The molecule has 2 rings (SSSR count). The Morgan fingerprint density at radius 2 is 1.92 bits per heavy atom. The second-order valence-electron chi connectivity index (χ2n) is 5.72. The zero-order chi connectivity index (χ0) is 17.9. The third-order valence-corrected chi connectivity index (χ3v) is 4.03. The van der Waals surface area contributed by atoms with E-state index < -0.39 is 11.6 Å².